The Balaban J connectivity index is 2.04. The van der Waals surface area contributed by atoms with Crippen LogP contribution in [0.1, 0.15) is 17.5 Å². The zero-order valence-electron chi connectivity index (χ0n) is 17.7. The van der Waals surface area contributed by atoms with E-state index in [0.29, 0.717) is 28.7 Å². The lowest BCUT2D eigenvalue weighted by atomic mass is 9.93. The molecule has 0 amide bonds. The van der Waals surface area contributed by atoms with E-state index in [-0.39, 0.29) is 0 Å². The van der Waals surface area contributed by atoms with Gasteiger partial charge in [0.2, 0.25) is 0 Å². The Bertz CT molecular complexity index is 1080. The molecule has 1 aliphatic rings. The molecule has 2 heterocycles. The average molecular weight is 390 g/mol. The fourth-order valence-electron chi connectivity index (χ4n) is 4.19. The SMILES string of the molecule is Cc1c(-c2ccccc2)c(N2CCC(N(C)C)C2)c2oc(N(C)C)nc2c1C#N. The standard InChI is InChI=1S/C23H27N5O/c1-15-18(13-24)20-22(29-23(25-20)27(4)5)21(19(15)16-9-7-6-8-10-16)28-12-11-17(14-28)26(2)3/h6-10,17H,11-12,14H2,1-5H3. The minimum Gasteiger partial charge on any atom is -0.421 e. The molecule has 0 aliphatic carbocycles. The van der Waals surface area contributed by atoms with E-state index in [1.807, 2.05) is 44.1 Å². The summed E-state index contributed by atoms with van der Waals surface area (Å²) in [4.78, 5) is 11.2. The minimum atomic E-state index is 0.487. The molecular weight excluding hydrogens is 362 g/mol. The lowest BCUT2D eigenvalue weighted by molar-refractivity contribution is 0.315. The molecule has 1 atom stereocenters. The molecule has 1 aliphatic heterocycles. The molecule has 6 nitrogen and oxygen atoms in total. The van der Waals surface area contributed by atoms with Gasteiger partial charge in [-0.3, -0.25) is 0 Å². The molecule has 0 radical (unpaired) electrons. The van der Waals surface area contributed by atoms with E-state index in [1.165, 1.54) is 0 Å². The van der Waals surface area contributed by atoms with Gasteiger partial charge in [0.15, 0.2) is 5.58 Å². The van der Waals surface area contributed by atoms with E-state index >= 15 is 0 Å². The zero-order valence-corrected chi connectivity index (χ0v) is 17.7. The summed E-state index contributed by atoms with van der Waals surface area (Å²) in [6, 6.07) is 13.7. The topological polar surface area (TPSA) is 59.5 Å². The number of aromatic nitrogens is 1. The van der Waals surface area contributed by atoms with Crippen LogP contribution in [0.4, 0.5) is 11.7 Å². The van der Waals surface area contributed by atoms with Crippen molar-refractivity contribution < 1.29 is 4.42 Å². The number of benzene rings is 2. The maximum absolute atomic E-state index is 9.94. The molecule has 29 heavy (non-hydrogen) atoms. The third-order valence-corrected chi connectivity index (χ3v) is 5.82. The van der Waals surface area contributed by atoms with Crippen molar-refractivity contribution in [2.24, 2.45) is 0 Å². The Morgan fingerprint density at radius 3 is 2.48 bits per heavy atom. The number of hydrogen-bond acceptors (Lipinski definition) is 6. The first-order chi connectivity index (χ1) is 13.9. The smallest absolute Gasteiger partial charge is 0.297 e. The summed E-state index contributed by atoms with van der Waals surface area (Å²) in [5.74, 6) is 0. The predicted octanol–water partition coefficient (Wildman–Crippen LogP) is 3.88. The van der Waals surface area contributed by atoms with E-state index in [2.05, 4.69) is 47.1 Å². The van der Waals surface area contributed by atoms with E-state index in [9.17, 15) is 5.26 Å². The highest BCUT2D eigenvalue weighted by molar-refractivity contribution is 6.02. The fourth-order valence-corrected chi connectivity index (χ4v) is 4.19. The number of nitrogens with zero attached hydrogens (tertiary/aromatic N) is 5. The van der Waals surface area contributed by atoms with Gasteiger partial charge in [0.1, 0.15) is 11.6 Å². The van der Waals surface area contributed by atoms with Crippen molar-refractivity contribution in [2.75, 3.05) is 51.1 Å². The molecule has 1 saturated heterocycles. The monoisotopic (exact) mass is 389 g/mol. The fraction of sp³-hybridized carbons (Fsp3) is 0.391. The summed E-state index contributed by atoms with van der Waals surface area (Å²) < 4.78 is 6.24. The van der Waals surface area contributed by atoms with Crippen molar-refractivity contribution in [1.82, 2.24) is 9.88 Å². The number of hydrogen-bond donors (Lipinski definition) is 0. The first-order valence-electron chi connectivity index (χ1n) is 9.93. The molecular formula is C23H27N5O. The average Bonchev–Trinajstić information content (AvgIpc) is 3.35. The maximum Gasteiger partial charge on any atom is 0.297 e. The number of likely N-dealkylation sites (N-methyl/N-ethyl adjacent to an activating group) is 1. The minimum absolute atomic E-state index is 0.487. The summed E-state index contributed by atoms with van der Waals surface area (Å²) in [5, 5.41) is 9.94. The van der Waals surface area contributed by atoms with Crippen molar-refractivity contribution >= 4 is 22.8 Å². The van der Waals surface area contributed by atoms with Crippen molar-refractivity contribution in [3.63, 3.8) is 0 Å². The number of rotatable bonds is 4. The van der Waals surface area contributed by atoms with Gasteiger partial charge in [-0.25, -0.2) is 0 Å². The molecule has 3 aromatic rings. The first-order valence-corrected chi connectivity index (χ1v) is 9.93. The summed E-state index contributed by atoms with van der Waals surface area (Å²) in [6.45, 7) is 3.89. The largest absolute Gasteiger partial charge is 0.421 e. The predicted molar refractivity (Wildman–Crippen MR) is 118 cm³/mol. The molecule has 150 valence electrons. The Morgan fingerprint density at radius 2 is 1.90 bits per heavy atom. The lowest BCUT2D eigenvalue weighted by Crippen LogP contribution is -2.31. The van der Waals surface area contributed by atoms with Crippen LogP contribution in [0, 0.1) is 18.3 Å². The van der Waals surface area contributed by atoms with Gasteiger partial charge in [-0.2, -0.15) is 10.2 Å². The molecule has 0 saturated carbocycles. The second kappa shape index (κ2) is 7.41. The second-order valence-electron chi connectivity index (χ2n) is 8.12. The van der Waals surface area contributed by atoms with Crippen LogP contribution < -0.4 is 9.80 Å². The summed E-state index contributed by atoms with van der Waals surface area (Å²) in [5.41, 5.74) is 6.10. The molecule has 1 unspecified atom stereocenters. The highest BCUT2D eigenvalue weighted by Crippen LogP contribution is 2.44. The molecule has 1 aromatic heterocycles. The Morgan fingerprint density at radius 1 is 1.17 bits per heavy atom. The van der Waals surface area contributed by atoms with Gasteiger partial charge in [-0.05, 0) is 38.6 Å². The zero-order chi connectivity index (χ0) is 20.7. The van der Waals surface area contributed by atoms with E-state index in [1.54, 1.807) is 0 Å². The number of oxazole rings is 1. The molecule has 4 rings (SSSR count). The number of fused-ring (bicyclic) bond motifs is 1. The Labute approximate surface area is 171 Å². The van der Waals surface area contributed by atoms with Gasteiger partial charge in [-0.1, -0.05) is 30.3 Å². The van der Waals surface area contributed by atoms with Crippen LogP contribution in [0.5, 0.6) is 0 Å². The van der Waals surface area contributed by atoms with Crippen molar-refractivity contribution in [2.45, 2.75) is 19.4 Å². The van der Waals surface area contributed by atoms with Crippen molar-refractivity contribution in [1.29, 1.82) is 5.26 Å². The summed E-state index contributed by atoms with van der Waals surface area (Å²) in [6.07, 6.45) is 1.09. The molecule has 6 heteroatoms. The van der Waals surface area contributed by atoms with Crippen molar-refractivity contribution in [3.8, 4) is 17.2 Å². The van der Waals surface area contributed by atoms with Gasteiger partial charge in [0.25, 0.3) is 6.01 Å². The first kappa shape index (κ1) is 19.3. The van der Waals surface area contributed by atoms with Crippen LogP contribution in [-0.2, 0) is 0 Å². The third kappa shape index (κ3) is 3.22. The lowest BCUT2D eigenvalue weighted by Gasteiger charge is -2.25. The Hall–Kier alpha value is -3.04. The molecule has 0 spiro atoms. The summed E-state index contributed by atoms with van der Waals surface area (Å²) in [7, 11) is 8.06. The number of anilines is 2. The van der Waals surface area contributed by atoms with Gasteiger partial charge in [0.05, 0.1) is 11.3 Å². The van der Waals surface area contributed by atoms with Crippen LogP contribution >= 0.6 is 0 Å². The van der Waals surface area contributed by atoms with E-state index in [4.69, 9.17) is 4.42 Å². The van der Waals surface area contributed by atoms with Gasteiger partial charge >= 0.3 is 0 Å². The van der Waals surface area contributed by atoms with Gasteiger partial charge in [0, 0.05) is 38.8 Å². The molecule has 0 bridgehead atoms. The van der Waals surface area contributed by atoms with Crippen LogP contribution in [0.25, 0.3) is 22.2 Å². The van der Waals surface area contributed by atoms with Gasteiger partial charge < -0.3 is 19.1 Å². The van der Waals surface area contributed by atoms with E-state index in [0.717, 1.165) is 41.9 Å². The van der Waals surface area contributed by atoms with Crippen LogP contribution in [-0.4, -0.2) is 57.2 Å². The van der Waals surface area contributed by atoms with E-state index < -0.39 is 0 Å². The second-order valence-corrected chi connectivity index (χ2v) is 8.12. The quantitative estimate of drug-likeness (QED) is 0.675. The van der Waals surface area contributed by atoms with Crippen molar-refractivity contribution in [3.05, 3.63) is 41.5 Å². The van der Waals surface area contributed by atoms with Crippen LogP contribution in [0.3, 0.4) is 0 Å². The third-order valence-electron chi connectivity index (χ3n) is 5.82. The maximum atomic E-state index is 9.94. The normalized spacial score (nSPS) is 16.6. The Kier molecular flexibility index (Phi) is 4.93. The molecule has 1 fully saturated rings. The summed E-state index contributed by atoms with van der Waals surface area (Å²) >= 11 is 0. The van der Waals surface area contributed by atoms with Crippen LogP contribution in [0.15, 0.2) is 34.7 Å². The molecule has 2 aromatic carbocycles. The highest BCUT2D eigenvalue weighted by atomic mass is 16.4. The molecule has 0 N–H and O–H groups in total. The van der Waals surface area contributed by atoms with Crippen LogP contribution in [0.2, 0.25) is 0 Å². The van der Waals surface area contributed by atoms with Gasteiger partial charge in [-0.15, -0.1) is 0 Å². The highest BCUT2D eigenvalue weighted by Gasteiger charge is 2.31. The number of nitriles is 1.